The molecule has 1 aliphatic rings. The minimum Gasteiger partial charge on any atom is -0.463 e. The number of nitrogens with zero attached hydrogens (tertiary/aromatic N) is 3. The molecule has 0 radical (unpaired) electrons. The normalized spacial score (nSPS) is 19.9. The molecule has 3 heterocycles. The smallest absolute Gasteiger partial charge is 0.270 e. The summed E-state index contributed by atoms with van der Waals surface area (Å²) < 4.78 is 12.9. The van der Waals surface area contributed by atoms with Crippen molar-refractivity contribution in [1.29, 1.82) is 0 Å². The van der Waals surface area contributed by atoms with Gasteiger partial charge in [0.15, 0.2) is 5.76 Å². The molecule has 7 heteroatoms. The van der Waals surface area contributed by atoms with Gasteiger partial charge in [-0.25, -0.2) is 4.68 Å². The van der Waals surface area contributed by atoms with E-state index in [-0.39, 0.29) is 18.1 Å². The number of morpholine rings is 1. The second-order valence-electron chi connectivity index (χ2n) is 7.41. The van der Waals surface area contributed by atoms with Crippen molar-refractivity contribution in [2.75, 3.05) is 26.2 Å². The highest BCUT2D eigenvalue weighted by Gasteiger charge is 2.22. The van der Waals surface area contributed by atoms with Crippen molar-refractivity contribution >= 4 is 5.91 Å². The molecule has 0 spiro atoms. The Bertz CT molecular complexity index is 926. The summed E-state index contributed by atoms with van der Waals surface area (Å²) in [6, 6.07) is 15.0. The molecule has 1 saturated heterocycles. The van der Waals surface area contributed by atoms with Gasteiger partial charge in [0.2, 0.25) is 0 Å². The minimum atomic E-state index is -0.159. The number of rotatable bonds is 6. The number of nitrogens with one attached hydrogen (secondary N) is 1. The van der Waals surface area contributed by atoms with Gasteiger partial charge in [0, 0.05) is 32.2 Å². The molecule has 2 unspecified atom stereocenters. The fourth-order valence-electron chi connectivity index (χ4n) is 3.74. The van der Waals surface area contributed by atoms with E-state index in [0.29, 0.717) is 23.7 Å². The monoisotopic (exact) mass is 394 g/mol. The second kappa shape index (κ2) is 8.63. The van der Waals surface area contributed by atoms with Gasteiger partial charge in [-0.3, -0.25) is 9.69 Å². The largest absolute Gasteiger partial charge is 0.463 e. The van der Waals surface area contributed by atoms with E-state index in [2.05, 4.69) is 29.2 Å². The summed E-state index contributed by atoms with van der Waals surface area (Å²) >= 11 is 0. The van der Waals surface area contributed by atoms with Crippen molar-refractivity contribution in [3.8, 4) is 17.1 Å². The molecule has 1 aliphatic heterocycles. The summed E-state index contributed by atoms with van der Waals surface area (Å²) in [5.41, 5.74) is 1.93. The van der Waals surface area contributed by atoms with Crippen LogP contribution in [-0.4, -0.2) is 59.0 Å². The van der Waals surface area contributed by atoms with Crippen LogP contribution in [-0.2, 0) is 4.74 Å². The molecular weight excluding hydrogens is 368 g/mol. The number of para-hydroxylation sites is 1. The predicted octanol–water partition coefficient (Wildman–Crippen LogP) is 2.97. The Kier molecular flexibility index (Phi) is 5.78. The van der Waals surface area contributed by atoms with Crippen molar-refractivity contribution in [3.63, 3.8) is 0 Å². The van der Waals surface area contributed by atoms with Gasteiger partial charge >= 0.3 is 0 Å². The van der Waals surface area contributed by atoms with Gasteiger partial charge in [-0.1, -0.05) is 18.2 Å². The van der Waals surface area contributed by atoms with Crippen LogP contribution in [0.5, 0.6) is 0 Å². The number of furan rings is 1. The van der Waals surface area contributed by atoms with E-state index >= 15 is 0 Å². The summed E-state index contributed by atoms with van der Waals surface area (Å²) in [6.45, 7) is 7.27. The lowest BCUT2D eigenvalue weighted by Gasteiger charge is -2.35. The van der Waals surface area contributed by atoms with Gasteiger partial charge < -0.3 is 14.5 Å². The average molecular weight is 394 g/mol. The summed E-state index contributed by atoms with van der Waals surface area (Å²) in [4.78, 5) is 15.3. The van der Waals surface area contributed by atoms with Crippen molar-refractivity contribution in [3.05, 3.63) is 60.5 Å². The topological polar surface area (TPSA) is 72.5 Å². The van der Waals surface area contributed by atoms with Crippen LogP contribution in [0.25, 0.3) is 17.1 Å². The number of benzene rings is 1. The van der Waals surface area contributed by atoms with Crippen molar-refractivity contribution < 1.29 is 13.9 Å². The molecule has 1 N–H and O–H groups in total. The fraction of sp³-hybridized carbons (Fsp3) is 0.364. The van der Waals surface area contributed by atoms with Gasteiger partial charge in [-0.15, -0.1) is 0 Å². The SMILES string of the molecule is CC1CN(CCNC(=O)c2cc(-c3ccco3)nn2-c2ccccc2)CC(C)O1. The van der Waals surface area contributed by atoms with E-state index in [1.54, 1.807) is 23.1 Å². The molecule has 1 fully saturated rings. The molecule has 0 bridgehead atoms. The summed E-state index contributed by atoms with van der Waals surface area (Å²) in [5, 5.41) is 7.63. The molecule has 7 nitrogen and oxygen atoms in total. The van der Waals surface area contributed by atoms with Gasteiger partial charge in [-0.05, 0) is 38.1 Å². The van der Waals surface area contributed by atoms with Crippen LogP contribution in [0, 0.1) is 0 Å². The van der Waals surface area contributed by atoms with E-state index in [1.807, 2.05) is 36.4 Å². The van der Waals surface area contributed by atoms with Gasteiger partial charge in [0.05, 0.1) is 24.2 Å². The molecule has 2 atom stereocenters. The molecule has 0 saturated carbocycles. The first-order valence-corrected chi connectivity index (χ1v) is 9.95. The standard InChI is InChI=1S/C22H26N4O3/c1-16-14-25(15-17(2)29-16)11-10-23-22(27)20-13-19(21-9-6-12-28-21)24-26(20)18-7-4-3-5-8-18/h3-9,12-13,16-17H,10-11,14-15H2,1-2H3,(H,23,27). The highest BCUT2D eigenvalue weighted by molar-refractivity contribution is 5.94. The highest BCUT2D eigenvalue weighted by Crippen LogP contribution is 2.22. The van der Waals surface area contributed by atoms with E-state index < -0.39 is 0 Å². The van der Waals surface area contributed by atoms with Crippen molar-refractivity contribution in [1.82, 2.24) is 20.0 Å². The number of aromatic nitrogens is 2. The lowest BCUT2D eigenvalue weighted by Crippen LogP contribution is -2.47. The first-order chi connectivity index (χ1) is 14.1. The molecule has 3 aromatic rings. The third kappa shape index (κ3) is 4.58. The number of amides is 1. The first kappa shape index (κ1) is 19.4. The molecule has 1 aromatic carbocycles. The molecule has 29 heavy (non-hydrogen) atoms. The van der Waals surface area contributed by atoms with Crippen molar-refractivity contribution in [2.45, 2.75) is 26.1 Å². The van der Waals surface area contributed by atoms with Gasteiger partial charge in [0.1, 0.15) is 11.4 Å². The molecule has 2 aromatic heterocycles. The molecule has 1 amide bonds. The Morgan fingerprint density at radius 3 is 2.59 bits per heavy atom. The quantitative estimate of drug-likeness (QED) is 0.696. The average Bonchev–Trinajstić information content (AvgIpc) is 3.38. The summed E-state index contributed by atoms with van der Waals surface area (Å²) in [5.74, 6) is 0.471. The van der Waals surface area contributed by atoms with Crippen LogP contribution in [0.4, 0.5) is 0 Å². The van der Waals surface area contributed by atoms with Crippen LogP contribution >= 0.6 is 0 Å². The predicted molar refractivity (Wildman–Crippen MR) is 110 cm³/mol. The Morgan fingerprint density at radius 2 is 1.90 bits per heavy atom. The zero-order valence-corrected chi connectivity index (χ0v) is 16.7. The zero-order chi connectivity index (χ0) is 20.2. The van der Waals surface area contributed by atoms with Gasteiger partial charge in [0.25, 0.3) is 5.91 Å². The molecule has 0 aliphatic carbocycles. The van der Waals surface area contributed by atoms with Gasteiger partial charge in [-0.2, -0.15) is 5.10 Å². The Balaban J connectivity index is 1.48. The number of carbonyl (C=O) groups is 1. The second-order valence-corrected chi connectivity index (χ2v) is 7.41. The number of ether oxygens (including phenoxy) is 1. The lowest BCUT2D eigenvalue weighted by atomic mass is 10.2. The number of hydrogen-bond donors (Lipinski definition) is 1. The minimum absolute atomic E-state index is 0.159. The van der Waals surface area contributed by atoms with E-state index in [9.17, 15) is 4.79 Å². The van der Waals surface area contributed by atoms with E-state index in [0.717, 1.165) is 25.3 Å². The Labute approximate surface area is 170 Å². The zero-order valence-electron chi connectivity index (χ0n) is 16.7. The van der Waals surface area contributed by atoms with Crippen molar-refractivity contribution in [2.24, 2.45) is 0 Å². The van der Waals surface area contributed by atoms with E-state index in [4.69, 9.17) is 9.15 Å². The Hall–Kier alpha value is -2.90. The highest BCUT2D eigenvalue weighted by atomic mass is 16.5. The van der Waals surface area contributed by atoms with Crippen LogP contribution in [0.1, 0.15) is 24.3 Å². The Morgan fingerprint density at radius 1 is 1.14 bits per heavy atom. The number of carbonyl (C=O) groups excluding carboxylic acids is 1. The maximum atomic E-state index is 12.9. The van der Waals surface area contributed by atoms with Crippen LogP contribution < -0.4 is 5.32 Å². The maximum absolute atomic E-state index is 12.9. The summed E-state index contributed by atoms with van der Waals surface area (Å²) in [6.07, 6.45) is 2.02. The first-order valence-electron chi connectivity index (χ1n) is 9.95. The summed E-state index contributed by atoms with van der Waals surface area (Å²) in [7, 11) is 0. The van der Waals surface area contributed by atoms with E-state index in [1.165, 1.54) is 0 Å². The van der Waals surface area contributed by atoms with Crippen LogP contribution in [0.2, 0.25) is 0 Å². The third-order valence-electron chi connectivity index (χ3n) is 4.93. The molecule has 152 valence electrons. The molecular formula is C22H26N4O3. The maximum Gasteiger partial charge on any atom is 0.270 e. The van der Waals surface area contributed by atoms with Crippen LogP contribution in [0.15, 0.2) is 59.2 Å². The number of hydrogen-bond acceptors (Lipinski definition) is 5. The van der Waals surface area contributed by atoms with Crippen LogP contribution in [0.3, 0.4) is 0 Å². The molecule has 4 rings (SSSR count). The lowest BCUT2D eigenvalue weighted by molar-refractivity contribution is -0.0672. The third-order valence-corrected chi connectivity index (χ3v) is 4.93. The fourth-order valence-corrected chi connectivity index (χ4v) is 3.74.